The third-order valence-corrected chi connectivity index (χ3v) is 5.86. The van der Waals surface area contributed by atoms with Crippen molar-refractivity contribution >= 4 is 24.2 Å². The smallest absolute Gasteiger partial charge is 0.306 e. The van der Waals surface area contributed by atoms with Crippen LogP contribution in [0.1, 0.15) is 0 Å². The van der Waals surface area contributed by atoms with Crippen molar-refractivity contribution in [3.8, 4) is 5.69 Å². The number of H-pyrrole nitrogens is 1. The first-order chi connectivity index (χ1) is 10.4. The van der Waals surface area contributed by atoms with Gasteiger partial charge in [0.25, 0.3) is 5.56 Å². The van der Waals surface area contributed by atoms with Crippen molar-refractivity contribution in [3.63, 3.8) is 0 Å². The van der Waals surface area contributed by atoms with Gasteiger partial charge in [-0.25, -0.2) is 9.36 Å². The molecule has 1 aromatic heterocycles. The lowest BCUT2D eigenvalue weighted by atomic mass is 10.2. The number of benzene rings is 2. The van der Waals surface area contributed by atoms with Crippen LogP contribution in [0.2, 0.25) is 19.6 Å². The fraction of sp³-hybridized carbons (Fsp3) is 0.176. The van der Waals surface area contributed by atoms with Gasteiger partial charge in [-0.2, -0.15) is 0 Å². The van der Waals surface area contributed by atoms with Crippen LogP contribution in [0.5, 0.6) is 0 Å². The largest absolute Gasteiger partial charge is 0.333 e. The molecular weight excluding hydrogens is 292 g/mol. The van der Waals surface area contributed by atoms with Gasteiger partial charge in [-0.05, 0) is 24.3 Å². The number of aromatic nitrogens is 2. The molecule has 112 valence electrons. The molecule has 0 bridgehead atoms. The second kappa shape index (κ2) is 5.10. The van der Waals surface area contributed by atoms with Crippen LogP contribution in [0.25, 0.3) is 16.6 Å². The molecule has 4 nitrogen and oxygen atoms in total. The first-order valence-corrected chi connectivity index (χ1v) is 10.7. The Morgan fingerprint density at radius 1 is 0.909 bits per heavy atom. The van der Waals surface area contributed by atoms with Gasteiger partial charge in [0.15, 0.2) is 0 Å². The highest BCUT2D eigenvalue weighted by atomic mass is 28.3. The van der Waals surface area contributed by atoms with Crippen LogP contribution in [0.4, 0.5) is 0 Å². The van der Waals surface area contributed by atoms with Gasteiger partial charge in [0.05, 0.1) is 24.7 Å². The number of hydrogen-bond donors (Lipinski definition) is 1. The van der Waals surface area contributed by atoms with Gasteiger partial charge < -0.3 is 4.98 Å². The normalized spacial score (nSPS) is 11.8. The van der Waals surface area contributed by atoms with Gasteiger partial charge in [0, 0.05) is 0 Å². The van der Waals surface area contributed by atoms with Crippen molar-refractivity contribution in [2.45, 2.75) is 19.6 Å². The third kappa shape index (κ3) is 2.44. The number of hydrogen-bond acceptors (Lipinski definition) is 2. The Kier molecular flexibility index (Phi) is 3.37. The summed E-state index contributed by atoms with van der Waals surface area (Å²) in [5.74, 6) is 0. The molecule has 0 atom stereocenters. The van der Waals surface area contributed by atoms with E-state index in [9.17, 15) is 9.59 Å². The summed E-state index contributed by atoms with van der Waals surface area (Å²) < 4.78 is 1.19. The molecule has 1 heterocycles. The first-order valence-electron chi connectivity index (χ1n) is 7.23. The van der Waals surface area contributed by atoms with Gasteiger partial charge in [-0.15, -0.1) is 0 Å². The Balaban J connectivity index is 2.23. The highest BCUT2D eigenvalue weighted by molar-refractivity contribution is 6.88. The van der Waals surface area contributed by atoms with E-state index >= 15 is 0 Å². The minimum atomic E-state index is -1.40. The fourth-order valence-corrected chi connectivity index (χ4v) is 3.67. The van der Waals surface area contributed by atoms with Crippen LogP contribution in [0, 0.1) is 0 Å². The van der Waals surface area contributed by atoms with Crippen molar-refractivity contribution in [1.82, 2.24) is 9.55 Å². The summed E-state index contributed by atoms with van der Waals surface area (Å²) in [4.78, 5) is 27.6. The van der Waals surface area contributed by atoms with Crippen molar-refractivity contribution in [1.29, 1.82) is 0 Å². The number of nitrogens with one attached hydrogen (secondary N) is 1. The Labute approximate surface area is 129 Å². The average molecular weight is 310 g/mol. The van der Waals surface area contributed by atoms with E-state index in [1.165, 1.54) is 9.75 Å². The Morgan fingerprint density at radius 3 is 2.18 bits per heavy atom. The second-order valence-electron chi connectivity index (χ2n) is 6.41. The summed E-state index contributed by atoms with van der Waals surface area (Å²) in [6.45, 7) is 6.78. The molecule has 0 saturated carbocycles. The topological polar surface area (TPSA) is 54.9 Å². The summed E-state index contributed by atoms with van der Waals surface area (Å²) >= 11 is 0. The SMILES string of the molecule is C[Si](C)(C)c1ccc(-n2c(=O)[nH]c3ccccc3c2=O)cc1. The number of para-hydroxylation sites is 1. The summed E-state index contributed by atoms with van der Waals surface area (Å²) in [6.07, 6.45) is 0. The molecule has 0 aliphatic heterocycles. The minimum Gasteiger partial charge on any atom is -0.306 e. The van der Waals surface area contributed by atoms with E-state index in [0.717, 1.165) is 0 Å². The highest BCUT2D eigenvalue weighted by Gasteiger charge is 2.16. The maximum absolute atomic E-state index is 12.6. The molecule has 0 aliphatic rings. The van der Waals surface area contributed by atoms with Gasteiger partial charge in [-0.1, -0.05) is 49.1 Å². The zero-order valence-electron chi connectivity index (χ0n) is 12.9. The predicted molar refractivity (Wildman–Crippen MR) is 93.1 cm³/mol. The molecule has 3 rings (SSSR count). The second-order valence-corrected chi connectivity index (χ2v) is 11.5. The number of rotatable bonds is 2. The van der Waals surface area contributed by atoms with Crippen LogP contribution in [-0.2, 0) is 0 Å². The van der Waals surface area contributed by atoms with Gasteiger partial charge in [-0.3, -0.25) is 4.79 Å². The van der Waals surface area contributed by atoms with E-state index in [1.54, 1.807) is 24.3 Å². The van der Waals surface area contributed by atoms with Gasteiger partial charge in [0.2, 0.25) is 0 Å². The predicted octanol–water partition coefficient (Wildman–Crippen LogP) is 2.22. The number of aromatic amines is 1. The molecule has 3 aromatic rings. The Hall–Kier alpha value is -2.40. The lowest BCUT2D eigenvalue weighted by Crippen LogP contribution is -2.38. The summed E-state index contributed by atoms with van der Waals surface area (Å²) in [6, 6.07) is 14.8. The molecular formula is C17H18N2O2Si. The van der Waals surface area contributed by atoms with Gasteiger partial charge >= 0.3 is 5.69 Å². The van der Waals surface area contributed by atoms with E-state index in [1.807, 2.05) is 24.3 Å². The quantitative estimate of drug-likeness (QED) is 0.738. The molecule has 5 heteroatoms. The molecule has 2 aromatic carbocycles. The maximum atomic E-state index is 12.6. The molecule has 0 aliphatic carbocycles. The van der Waals surface area contributed by atoms with Crippen LogP contribution < -0.4 is 16.4 Å². The van der Waals surface area contributed by atoms with E-state index in [4.69, 9.17) is 0 Å². The molecule has 0 radical (unpaired) electrons. The number of nitrogens with zero attached hydrogens (tertiary/aromatic N) is 1. The highest BCUT2D eigenvalue weighted by Crippen LogP contribution is 2.08. The van der Waals surface area contributed by atoms with Crippen molar-refractivity contribution < 1.29 is 0 Å². The van der Waals surface area contributed by atoms with Crippen LogP contribution >= 0.6 is 0 Å². The van der Waals surface area contributed by atoms with Crippen molar-refractivity contribution in [2.75, 3.05) is 0 Å². The first kappa shape index (κ1) is 14.5. The number of fused-ring (bicyclic) bond motifs is 1. The van der Waals surface area contributed by atoms with E-state index in [0.29, 0.717) is 16.6 Å². The van der Waals surface area contributed by atoms with Crippen molar-refractivity contribution in [2.24, 2.45) is 0 Å². The van der Waals surface area contributed by atoms with E-state index in [2.05, 4.69) is 24.6 Å². The molecule has 1 N–H and O–H groups in total. The van der Waals surface area contributed by atoms with Crippen LogP contribution in [0.15, 0.2) is 58.1 Å². The molecule has 0 fully saturated rings. The average Bonchev–Trinajstić information content (AvgIpc) is 2.47. The monoisotopic (exact) mass is 310 g/mol. The summed E-state index contributed by atoms with van der Waals surface area (Å²) in [5.41, 5.74) is 0.455. The molecule has 0 saturated heterocycles. The maximum Gasteiger partial charge on any atom is 0.333 e. The van der Waals surface area contributed by atoms with E-state index in [-0.39, 0.29) is 5.56 Å². The van der Waals surface area contributed by atoms with Crippen molar-refractivity contribution in [3.05, 3.63) is 69.4 Å². The third-order valence-electron chi connectivity index (χ3n) is 3.80. The summed E-state index contributed by atoms with van der Waals surface area (Å²) in [7, 11) is -1.40. The molecule has 0 amide bonds. The molecule has 22 heavy (non-hydrogen) atoms. The lowest BCUT2D eigenvalue weighted by Gasteiger charge is -2.17. The van der Waals surface area contributed by atoms with Crippen LogP contribution in [-0.4, -0.2) is 17.6 Å². The Morgan fingerprint density at radius 2 is 1.55 bits per heavy atom. The zero-order chi connectivity index (χ0) is 15.9. The Bertz CT molecular complexity index is 947. The van der Waals surface area contributed by atoms with Crippen LogP contribution in [0.3, 0.4) is 0 Å². The standard InChI is InChI=1S/C17H18N2O2Si/c1-22(2,3)13-10-8-12(9-11-13)19-16(20)14-6-4-5-7-15(14)18-17(19)21/h4-11H,1-3H3,(H,18,21). The lowest BCUT2D eigenvalue weighted by molar-refractivity contribution is 0.902. The molecule has 0 unspecified atom stereocenters. The fourth-order valence-electron chi connectivity index (χ4n) is 2.51. The van der Waals surface area contributed by atoms with Gasteiger partial charge in [0.1, 0.15) is 0 Å². The molecule has 0 spiro atoms. The minimum absolute atomic E-state index is 0.292. The summed E-state index contributed by atoms with van der Waals surface area (Å²) in [5, 5.41) is 1.80. The zero-order valence-corrected chi connectivity index (χ0v) is 13.9. The van der Waals surface area contributed by atoms with E-state index < -0.39 is 13.8 Å².